The first-order valence-electron chi connectivity index (χ1n) is 8.75. The molecule has 2 aliphatic heterocycles. The van der Waals surface area contributed by atoms with E-state index < -0.39 is 5.92 Å². The van der Waals surface area contributed by atoms with Gasteiger partial charge in [-0.2, -0.15) is 5.26 Å². The molecule has 1 atom stereocenters. The van der Waals surface area contributed by atoms with Gasteiger partial charge < -0.3 is 29.2 Å². The van der Waals surface area contributed by atoms with E-state index in [4.69, 9.17) is 24.7 Å². The molecule has 8 heteroatoms. The Labute approximate surface area is 161 Å². The van der Waals surface area contributed by atoms with Gasteiger partial charge in [-0.15, -0.1) is 0 Å². The molecule has 144 valence electrons. The summed E-state index contributed by atoms with van der Waals surface area (Å²) in [6.07, 6.45) is 0. The normalized spacial score (nSPS) is 17.1. The second-order valence-electron chi connectivity index (χ2n) is 6.55. The van der Waals surface area contributed by atoms with Crippen molar-refractivity contribution in [3.05, 3.63) is 62.9 Å². The molecular weight excluding hydrogens is 362 g/mol. The number of aryl methyl sites for hydroxylation is 1. The first kappa shape index (κ1) is 17.9. The Kier molecular flexibility index (Phi) is 4.45. The van der Waals surface area contributed by atoms with E-state index in [1.807, 2.05) is 6.92 Å². The van der Waals surface area contributed by atoms with Crippen LogP contribution in [0.25, 0.3) is 0 Å². The van der Waals surface area contributed by atoms with E-state index in [-0.39, 0.29) is 23.8 Å². The lowest BCUT2D eigenvalue weighted by atomic mass is 9.84. The van der Waals surface area contributed by atoms with E-state index in [0.29, 0.717) is 41.5 Å². The third-order valence-corrected chi connectivity index (χ3v) is 4.94. The molecule has 0 aliphatic carbocycles. The first-order chi connectivity index (χ1) is 13.5. The number of allylic oxidation sites excluding steroid dienone is 1. The summed E-state index contributed by atoms with van der Waals surface area (Å²) in [7, 11) is 1.58. The number of methoxy groups -OCH3 is 1. The monoisotopic (exact) mass is 381 g/mol. The Hall–Kier alpha value is -3.44. The van der Waals surface area contributed by atoms with Gasteiger partial charge in [0.25, 0.3) is 5.56 Å². The molecule has 8 nitrogen and oxygen atoms in total. The SMILES string of the molecule is COCCn1c(C)cc2c(c1=O)C(c1ccc3c(c1)OCO3)C(C#N)=C(N)O2. The maximum absolute atomic E-state index is 13.3. The van der Waals surface area contributed by atoms with E-state index in [0.717, 1.165) is 5.69 Å². The quantitative estimate of drug-likeness (QED) is 0.859. The Morgan fingerprint density at radius 1 is 1.29 bits per heavy atom. The highest BCUT2D eigenvalue weighted by Gasteiger charge is 2.35. The van der Waals surface area contributed by atoms with Crippen LogP contribution in [-0.4, -0.2) is 25.1 Å². The van der Waals surface area contributed by atoms with Crippen LogP contribution < -0.4 is 25.5 Å². The number of hydrogen-bond donors (Lipinski definition) is 1. The van der Waals surface area contributed by atoms with Gasteiger partial charge in [0, 0.05) is 25.4 Å². The molecule has 0 saturated heterocycles. The molecule has 0 spiro atoms. The van der Waals surface area contributed by atoms with Gasteiger partial charge in [-0.05, 0) is 24.6 Å². The van der Waals surface area contributed by atoms with Crippen LogP contribution in [0.1, 0.15) is 22.7 Å². The van der Waals surface area contributed by atoms with Crippen LogP contribution in [0, 0.1) is 18.3 Å². The summed E-state index contributed by atoms with van der Waals surface area (Å²) in [6, 6.07) is 9.19. The summed E-state index contributed by atoms with van der Waals surface area (Å²) >= 11 is 0. The Bertz CT molecular complexity index is 1080. The van der Waals surface area contributed by atoms with E-state index >= 15 is 0 Å². The largest absolute Gasteiger partial charge is 0.454 e. The highest BCUT2D eigenvalue weighted by molar-refractivity contribution is 5.57. The predicted molar refractivity (Wildman–Crippen MR) is 99.2 cm³/mol. The van der Waals surface area contributed by atoms with Crippen molar-refractivity contribution in [2.24, 2.45) is 5.73 Å². The maximum atomic E-state index is 13.3. The molecule has 0 amide bonds. The fourth-order valence-electron chi connectivity index (χ4n) is 3.57. The van der Waals surface area contributed by atoms with Gasteiger partial charge in [0.15, 0.2) is 11.5 Å². The standard InChI is InChI=1S/C20H19N3O5/c1-11-7-16-18(20(24)23(11)5-6-25-2)17(13(9-21)19(22)28-16)12-3-4-14-15(8-12)27-10-26-14/h3-4,7-8,17H,5-6,10,22H2,1-2H3. The molecule has 3 heterocycles. The van der Waals surface area contributed by atoms with Gasteiger partial charge in [-0.1, -0.05) is 6.07 Å². The summed E-state index contributed by atoms with van der Waals surface area (Å²) < 4.78 is 23.2. The van der Waals surface area contributed by atoms with E-state index in [1.54, 1.807) is 35.9 Å². The molecule has 1 unspecified atom stereocenters. The summed E-state index contributed by atoms with van der Waals surface area (Å²) in [6.45, 7) is 2.73. The number of benzene rings is 1. The second kappa shape index (κ2) is 6.94. The maximum Gasteiger partial charge on any atom is 0.258 e. The molecular formula is C20H19N3O5. The summed E-state index contributed by atoms with van der Waals surface area (Å²) in [4.78, 5) is 13.3. The number of nitrogens with zero attached hydrogens (tertiary/aromatic N) is 2. The third-order valence-electron chi connectivity index (χ3n) is 4.94. The average Bonchev–Trinajstić information content (AvgIpc) is 3.14. The van der Waals surface area contributed by atoms with Crippen LogP contribution in [-0.2, 0) is 11.3 Å². The molecule has 0 radical (unpaired) electrons. The number of pyridine rings is 1. The van der Waals surface area contributed by atoms with Crippen LogP contribution >= 0.6 is 0 Å². The second-order valence-corrected chi connectivity index (χ2v) is 6.55. The fraction of sp³-hybridized carbons (Fsp3) is 0.300. The van der Waals surface area contributed by atoms with Crippen molar-refractivity contribution in [3.63, 3.8) is 0 Å². The van der Waals surface area contributed by atoms with Crippen molar-refractivity contribution >= 4 is 0 Å². The van der Waals surface area contributed by atoms with Gasteiger partial charge in [0.1, 0.15) is 17.4 Å². The van der Waals surface area contributed by atoms with Crippen LogP contribution in [0.4, 0.5) is 0 Å². The molecule has 28 heavy (non-hydrogen) atoms. The molecule has 2 aromatic rings. The van der Waals surface area contributed by atoms with Crippen LogP contribution in [0.3, 0.4) is 0 Å². The average molecular weight is 381 g/mol. The molecule has 0 saturated carbocycles. The summed E-state index contributed by atoms with van der Waals surface area (Å²) in [5.74, 6) is 0.868. The number of nitrogens with two attached hydrogens (primary N) is 1. The van der Waals surface area contributed by atoms with Crippen molar-refractivity contribution < 1.29 is 18.9 Å². The third kappa shape index (κ3) is 2.77. The fourth-order valence-corrected chi connectivity index (χ4v) is 3.57. The number of aromatic nitrogens is 1. The smallest absolute Gasteiger partial charge is 0.258 e. The lowest BCUT2D eigenvalue weighted by Crippen LogP contribution is -2.33. The summed E-state index contributed by atoms with van der Waals surface area (Å²) in [5, 5.41) is 9.72. The first-order valence-corrected chi connectivity index (χ1v) is 8.75. The minimum atomic E-state index is -0.662. The van der Waals surface area contributed by atoms with Gasteiger partial charge >= 0.3 is 0 Å². The van der Waals surface area contributed by atoms with Crippen molar-refractivity contribution in [2.45, 2.75) is 19.4 Å². The molecule has 1 aromatic heterocycles. The zero-order valence-electron chi connectivity index (χ0n) is 15.5. The number of nitriles is 1. The lowest BCUT2D eigenvalue weighted by molar-refractivity contribution is 0.174. The molecule has 1 aromatic carbocycles. The molecule has 4 rings (SSSR count). The highest BCUT2D eigenvalue weighted by atomic mass is 16.7. The van der Waals surface area contributed by atoms with Crippen molar-refractivity contribution in [1.29, 1.82) is 5.26 Å². The molecule has 0 bridgehead atoms. The Morgan fingerprint density at radius 2 is 2.07 bits per heavy atom. The highest BCUT2D eigenvalue weighted by Crippen LogP contribution is 2.43. The zero-order valence-corrected chi connectivity index (χ0v) is 15.5. The molecule has 0 fully saturated rings. The van der Waals surface area contributed by atoms with Crippen molar-refractivity contribution in [3.8, 4) is 23.3 Å². The van der Waals surface area contributed by atoms with Crippen LogP contribution in [0.15, 0.2) is 40.5 Å². The Balaban J connectivity index is 1.93. The van der Waals surface area contributed by atoms with E-state index in [2.05, 4.69) is 6.07 Å². The molecule has 2 N–H and O–H groups in total. The topological polar surface area (TPSA) is 109 Å². The van der Waals surface area contributed by atoms with Gasteiger partial charge in [0.05, 0.1) is 18.1 Å². The van der Waals surface area contributed by atoms with Crippen molar-refractivity contribution in [1.82, 2.24) is 4.57 Å². The van der Waals surface area contributed by atoms with E-state index in [9.17, 15) is 10.1 Å². The number of hydrogen-bond acceptors (Lipinski definition) is 7. The minimum absolute atomic E-state index is 0.00823. The molecule has 2 aliphatic rings. The number of rotatable bonds is 4. The van der Waals surface area contributed by atoms with Crippen molar-refractivity contribution in [2.75, 3.05) is 20.5 Å². The van der Waals surface area contributed by atoms with Gasteiger partial charge in [-0.3, -0.25) is 4.79 Å². The van der Waals surface area contributed by atoms with Gasteiger partial charge in [-0.25, -0.2) is 0 Å². The number of ether oxygens (including phenoxy) is 4. The Morgan fingerprint density at radius 3 is 2.82 bits per heavy atom. The zero-order chi connectivity index (χ0) is 19.8. The van der Waals surface area contributed by atoms with E-state index in [1.165, 1.54) is 0 Å². The number of fused-ring (bicyclic) bond motifs is 2. The predicted octanol–water partition coefficient (Wildman–Crippen LogP) is 1.75. The van der Waals surface area contributed by atoms with Crippen LogP contribution in [0.5, 0.6) is 17.2 Å². The lowest BCUT2D eigenvalue weighted by Gasteiger charge is -2.27. The summed E-state index contributed by atoms with van der Waals surface area (Å²) in [5.41, 5.74) is 7.75. The van der Waals surface area contributed by atoms with Crippen LogP contribution in [0.2, 0.25) is 0 Å². The minimum Gasteiger partial charge on any atom is -0.454 e. The van der Waals surface area contributed by atoms with Gasteiger partial charge in [0.2, 0.25) is 12.7 Å².